The summed E-state index contributed by atoms with van der Waals surface area (Å²) in [5.41, 5.74) is 1.16. The van der Waals surface area contributed by atoms with Gasteiger partial charge < -0.3 is 25.0 Å². The number of ether oxygens (including phenoxy) is 1. The zero-order valence-electron chi connectivity index (χ0n) is 14.0. The number of amides is 3. The average molecular weight is 361 g/mol. The summed E-state index contributed by atoms with van der Waals surface area (Å²) in [4.78, 5) is 50.3. The maximum atomic E-state index is 12.5. The number of nitrogens with one attached hydrogen (secondary N) is 1. The molecule has 1 fully saturated rings. The van der Waals surface area contributed by atoms with Crippen LogP contribution in [-0.2, 0) is 23.9 Å². The lowest BCUT2D eigenvalue weighted by molar-refractivity contribution is -0.159. The summed E-state index contributed by atoms with van der Waals surface area (Å²) in [5, 5.41) is 11.7. The van der Waals surface area contributed by atoms with Gasteiger partial charge in [0, 0.05) is 19.4 Å². The van der Waals surface area contributed by atoms with Gasteiger partial charge in [-0.25, -0.2) is 4.79 Å². The van der Waals surface area contributed by atoms with Gasteiger partial charge in [-0.3, -0.25) is 14.4 Å². The van der Waals surface area contributed by atoms with Crippen molar-refractivity contribution in [1.29, 1.82) is 0 Å². The van der Waals surface area contributed by atoms with Crippen LogP contribution in [0, 0.1) is 0 Å². The molecule has 9 nitrogen and oxygen atoms in total. The molecule has 1 aromatic carbocycles. The van der Waals surface area contributed by atoms with Gasteiger partial charge in [-0.15, -0.1) is 0 Å². The predicted molar refractivity (Wildman–Crippen MR) is 90.6 cm³/mol. The van der Waals surface area contributed by atoms with Gasteiger partial charge in [-0.2, -0.15) is 0 Å². The predicted octanol–water partition coefficient (Wildman–Crippen LogP) is 0.0639. The molecule has 2 aliphatic rings. The van der Waals surface area contributed by atoms with Crippen LogP contribution in [0.4, 0.5) is 11.4 Å². The van der Waals surface area contributed by atoms with E-state index in [9.17, 15) is 19.2 Å². The number of aliphatic carboxylic acids is 1. The van der Waals surface area contributed by atoms with E-state index in [0.717, 1.165) is 0 Å². The molecule has 1 unspecified atom stereocenters. The molecule has 0 radical (unpaired) electrons. The summed E-state index contributed by atoms with van der Waals surface area (Å²) in [6.45, 7) is 0.322. The minimum atomic E-state index is -1.12. The van der Waals surface area contributed by atoms with E-state index in [4.69, 9.17) is 9.84 Å². The third-order valence-corrected chi connectivity index (χ3v) is 4.32. The average Bonchev–Trinajstić information content (AvgIpc) is 2.65. The number of rotatable bonds is 4. The first kappa shape index (κ1) is 17.9. The topological polar surface area (TPSA) is 116 Å². The number of hydrogen-bond acceptors (Lipinski definition) is 5. The van der Waals surface area contributed by atoms with Crippen LogP contribution in [0.5, 0.6) is 0 Å². The molecule has 0 spiro atoms. The fourth-order valence-corrected chi connectivity index (χ4v) is 2.99. The van der Waals surface area contributed by atoms with E-state index >= 15 is 0 Å². The second-order valence-corrected chi connectivity index (χ2v) is 6.08. The Hall–Kier alpha value is -2.94. The summed E-state index contributed by atoms with van der Waals surface area (Å²) in [7, 11) is 0. The van der Waals surface area contributed by atoms with Gasteiger partial charge in [0.05, 0.1) is 24.5 Å². The van der Waals surface area contributed by atoms with E-state index in [0.29, 0.717) is 17.9 Å². The minimum Gasteiger partial charge on any atom is -0.479 e. The van der Waals surface area contributed by atoms with Crippen molar-refractivity contribution in [3.63, 3.8) is 0 Å². The molecule has 3 amide bonds. The van der Waals surface area contributed by atoms with Gasteiger partial charge in [0.15, 0.2) is 6.10 Å². The Balaban J connectivity index is 1.60. The van der Waals surface area contributed by atoms with Crippen LogP contribution in [0.15, 0.2) is 24.3 Å². The highest BCUT2D eigenvalue weighted by molar-refractivity contribution is 6.10. The van der Waals surface area contributed by atoms with Crippen molar-refractivity contribution in [3.05, 3.63) is 24.3 Å². The molecule has 2 aliphatic heterocycles. The van der Waals surface area contributed by atoms with E-state index in [1.54, 1.807) is 24.3 Å². The minimum absolute atomic E-state index is 0.0304. The largest absolute Gasteiger partial charge is 0.479 e. The monoisotopic (exact) mass is 361 g/mol. The smallest absolute Gasteiger partial charge is 0.334 e. The molecule has 0 bridgehead atoms. The Morgan fingerprint density at radius 2 is 1.92 bits per heavy atom. The van der Waals surface area contributed by atoms with Crippen molar-refractivity contribution < 1.29 is 29.0 Å². The van der Waals surface area contributed by atoms with Crippen molar-refractivity contribution in [3.8, 4) is 0 Å². The number of carboxylic acid groups (broad SMARTS) is 1. The maximum absolute atomic E-state index is 12.5. The number of para-hydroxylation sites is 2. The molecular formula is C17H19N3O6. The SMILES string of the molecule is O=C1CN(C(=O)CCC(=O)N2CCOC(C(=O)O)C2)c2ccccc2N1. The molecule has 0 saturated carbocycles. The second kappa shape index (κ2) is 7.52. The Morgan fingerprint density at radius 3 is 2.69 bits per heavy atom. The molecule has 26 heavy (non-hydrogen) atoms. The number of benzene rings is 1. The summed E-state index contributed by atoms with van der Waals surface area (Å²) in [5.74, 6) is -2.04. The molecular weight excluding hydrogens is 342 g/mol. The number of fused-ring (bicyclic) bond motifs is 1. The van der Waals surface area contributed by atoms with E-state index in [-0.39, 0.29) is 50.3 Å². The third-order valence-electron chi connectivity index (χ3n) is 4.32. The van der Waals surface area contributed by atoms with Crippen LogP contribution >= 0.6 is 0 Å². The van der Waals surface area contributed by atoms with Gasteiger partial charge >= 0.3 is 5.97 Å². The van der Waals surface area contributed by atoms with Crippen molar-refractivity contribution in [2.75, 3.05) is 36.5 Å². The molecule has 2 heterocycles. The Labute approximate surface area is 149 Å². The van der Waals surface area contributed by atoms with Gasteiger partial charge in [0.2, 0.25) is 17.7 Å². The lowest BCUT2D eigenvalue weighted by atomic mass is 10.1. The fourth-order valence-electron chi connectivity index (χ4n) is 2.99. The number of nitrogens with zero attached hydrogens (tertiary/aromatic N) is 2. The number of carbonyl (C=O) groups excluding carboxylic acids is 3. The highest BCUT2D eigenvalue weighted by Gasteiger charge is 2.30. The first-order valence-corrected chi connectivity index (χ1v) is 8.27. The number of hydrogen-bond donors (Lipinski definition) is 2. The van der Waals surface area contributed by atoms with E-state index < -0.39 is 12.1 Å². The Morgan fingerprint density at radius 1 is 1.19 bits per heavy atom. The molecule has 1 atom stereocenters. The number of carbonyl (C=O) groups is 4. The fraction of sp³-hybridized carbons (Fsp3) is 0.412. The molecule has 3 rings (SSSR count). The van der Waals surface area contributed by atoms with Crippen molar-refractivity contribution >= 4 is 35.1 Å². The maximum Gasteiger partial charge on any atom is 0.334 e. The molecule has 0 aliphatic carbocycles. The molecule has 138 valence electrons. The van der Waals surface area contributed by atoms with Crippen LogP contribution in [0.25, 0.3) is 0 Å². The van der Waals surface area contributed by atoms with Crippen molar-refractivity contribution in [1.82, 2.24) is 4.90 Å². The van der Waals surface area contributed by atoms with Crippen LogP contribution in [0.1, 0.15) is 12.8 Å². The lowest BCUT2D eigenvalue weighted by Crippen LogP contribution is -2.49. The zero-order chi connectivity index (χ0) is 18.7. The summed E-state index contributed by atoms with van der Waals surface area (Å²) < 4.78 is 5.08. The van der Waals surface area contributed by atoms with Crippen LogP contribution in [-0.4, -0.2) is 66.0 Å². The van der Waals surface area contributed by atoms with E-state index in [1.807, 2.05) is 0 Å². The van der Waals surface area contributed by atoms with E-state index in [2.05, 4.69) is 5.32 Å². The quantitative estimate of drug-likeness (QED) is 0.784. The highest BCUT2D eigenvalue weighted by Crippen LogP contribution is 2.29. The van der Waals surface area contributed by atoms with Crippen LogP contribution in [0.2, 0.25) is 0 Å². The first-order chi connectivity index (χ1) is 12.5. The Bertz CT molecular complexity index is 750. The van der Waals surface area contributed by atoms with Crippen molar-refractivity contribution in [2.24, 2.45) is 0 Å². The van der Waals surface area contributed by atoms with Crippen LogP contribution in [0.3, 0.4) is 0 Å². The third kappa shape index (κ3) is 3.83. The van der Waals surface area contributed by atoms with Gasteiger partial charge in [0.1, 0.15) is 6.54 Å². The summed E-state index contributed by atoms with van der Waals surface area (Å²) in [6.07, 6.45) is -1.15. The lowest BCUT2D eigenvalue weighted by Gasteiger charge is -2.31. The molecule has 9 heteroatoms. The standard InChI is InChI=1S/C17H19N3O6/c21-14-10-20(12-4-2-1-3-11(12)18-14)16(23)6-5-15(22)19-7-8-26-13(9-19)17(24)25/h1-4,13H,5-10H2,(H,18,21)(H,24,25). The molecule has 2 N–H and O–H groups in total. The molecule has 0 aromatic heterocycles. The first-order valence-electron chi connectivity index (χ1n) is 8.27. The number of carboxylic acids is 1. The second-order valence-electron chi connectivity index (χ2n) is 6.08. The van der Waals surface area contributed by atoms with Crippen molar-refractivity contribution in [2.45, 2.75) is 18.9 Å². The van der Waals surface area contributed by atoms with E-state index in [1.165, 1.54) is 9.80 Å². The zero-order valence-corrected chi connectivity index (χ0v) is 14.0. The van der Waals surface area contributed by atoms with Gasteiger partial charge in [0.25, 0.3) is 0 Å². The molecule has 1 saturated heterocycles. The summed E-state index contributed by atoms with van der Waals surface area (Å²) >= 11 is 0. The van der Waals surface area contributed by atoms with Gasteiger partial charge in [-0.1, -0.05) is 12.1 Å². The summed E-state index contributed by atoms with van der Waals surface area (Å²) in [6, 6.07) is 6.96. The number of morpholine rings is 1. The Kier molecular flexibility index (Phi) is 5.17. The highest BCUT2D eigenvalue weighted by atomic mass is 16.5. The van der Waals surface area contributed by atoms with Crippen LogP contribution < -0.4 is 10.2 Å². The number of anilines is 2. The van der Waals surface area contributed by atoms with Gasteiger partial charge in [-0.05, 0) is 12.1 Å². The molecule has 1 aromatic rings. The normalized spacial score (nSPS) is 19.5.